The molecule has 0 bridgehead atoms. The van der Waals surface area contributed by atoms with E-state index >= 15 is 0 Å². The van der Waals surface area contributed by atoms with Crippen LogP contribution in [-0.4, -0.2) is 34.3 Å². The summed E-state index contributed by atoms with van der Waals surface area (Å²) in [5.41, 5.74) is 1.43. The highest BCUT2D eigenvalue weighted by atomic mass is 16.5. The second kappa shape index (κ2) is 8.63. The van der Waals surface area contributed by atoms with Crippen LogP contribution in [0, 0.1) is 0 Å². The molecule has 25 heavy (non-hydrogen) atoms. The van der Waals surface area contributed by atoms with Crippen molar-refractivity contribution in [1.29, 1.82) is 0 Å². The van der Waals surface area contributed by atoms with Crippen molar-refractivity contribution >= 4 is 17.7 Å². The third-order valence-corrected chi connectivity index (χ3v) is 3.47. The van der Waals surface area contributed by atoms with E-state index in [2.05, 4.69) is 5.32 Å². The second-order valence-electron chi connectivity index (χ2n) is 5.01. The van der Waals surface area contributed by atoms with Crippen molar-refractivity contribution in [2.45, 2.75) is 0 Å². The van der Waals surface area contributed by atoms with Gasteiger partial charge < -0.3 is 24.3 Å². The molecule has 0 aliphatic carbocycles. The minimum atomic E-state index is -0.251. The Kier molecular flexibility index (Phi) is 6.28. The van der Waals surface area contributed by atoms with Crippen molar-refractivity contribution in [3.63, 3.8) is 0 Å². The molecule has 0 spiro atoms. The van der Waals surface area contributed by atoms with Gasteiger partial charge in [-0.1, -0.05) is 0 Å². The van der Waals surface area contributed by atoms with Gasteiger partial charge >= 0.3 is 0 Å². The van der Waals surface area contributed by atoms with Crippen molar-refractivity contribution in [2.24, 2.45) is 0 Å². The average molecular weight is 343 g/mol. The number of carbonyl (C=O) groups excluding carboxylic acids is 1. The SMILES string of the molecule is COc1ccc(NC(=O)C=Cc2cc(OC)c(OC)c(OC)c2)cc1. The van der Waals surface area contributed by atoms with Crippen molar-refractivity contribution in [2.75, 3.05) is 33.8 Å². The minimum absolute atomic E-state index is 0.251. The van der Waals surface area contributed by atoms with E-state index in [-0.39, 0.29) is 5.91 Å². The van der Waals surface area contributed by atoms with Gasteiger partial charge in [0.1, 0.15) is 5.75 Å². The minimum Gasteiger partial charge on any atom is -0.497 e. The molecule has 0 saturated carbocycles. The van der Waals surface area contributed by atoms with Crippen LogP contribution in [0.3, 0.4) is 0 Å². The summed E-state index contributed by atoms with van der Waals surface area (Å²) in [6, 6.07) is 10.6. The van der Waals surface area contributed by atoms with Crippen molar-refractivity contribution < 1.29 is 23.7 Å². The number of amides is 1. The van der Waals surface area contributed by atoms with E-state index in [0.29, 0.717) is 22.9 Å². The Morgan fingerprint density at radius 2 is 1.48 bits per heavy atom. The molecule has 0 heterocycles. The van der Waals surface area contributed by atoms with E-state index in [1.54, 1.807) is 63.8 Å². The van der Waals surface area contributed by atoms with Gasteiger partial charge in [-0.05, 0) is 48.0 Å². The topological polar surface area (TPSA) is 66.0 Å². The quantitative estimate of drug-likeness (QED) is 0.781. The molecular weight excluding hydrogens is 322 g/mol. The largest absolute Gasteiger partial charge is 0.497 e. The van der Waals surface area contributed by atoms with E-state index in [0.717, 1.165) is 11.3 Å². The lowest BCUT2D eigenvalue weighted by Crippen LogP contribution is -2.07. The Labute approximate surface area is 147 Å². The predicted octanol–water partition coefficient (Wildman–Crippen LogP) is 3.37. The molecule has 0 aromatic heterocycles. The lowest BCUT2D eigenvalue weighted by Gasteiger charge is -2.12. The number of nitrogens with one attached hydrogen (secondary N) is 1. The highest BCUT2D eigenvalue weighted by Gasteiger charge is 2.12. The normalized spacial score (nSPS) is 10.4. The molecule has 0 saturated heterocycles. The van der Waals surface area contributed by atoms with E-state index in [9.17, 15) is 4.79 Å². The molecule has 0 unspecified atom stereocenters. The van der Waals surface area contributed by atoms with E-state index in [1.807, 2.05) is 0 Å². The van der Waals surface area contributed by atoms with Crippen LogP contribution in [0.25, 0.3) is 6.08 Å². The summed E-state index contributed by atoms with van der Waals surface area (Å²) in [7, 11) is 6.22. The van der Waals surface area contributed by atoms with E-state index < -0.39 is 0 Å². The Bertz CT molecular complexity index is 728. The molecule has 0 aliphatic rings. The zero-order chi connectivity index (χ0) is 18.2. The van der Waals surface area contributed by atoms with Crippen LogP contribution in [0.2, 0.25) is 0 Å². The van der Waals surface area contributed by atoms with Gasteiger partial charge in [-0.15, -0.1) is 0 Å². The predicted molar refractivity (Wildman–Crippen MR) is 96.8 cm³/mol. The maximum absolute atomic E-state index is 12.1. The number of ether oxygens (including phenoxy) is 4. The molecule has 2 aromatic carbocycles. The Hall–Kier alpha value is -3.15. The lowest BCUT2D eigenvalue weighted by atomic mass is 10.1. The maximum atomic E-state index is 12.1. The molecule has 0 aliphatic heterocycles. The maximum Gasteiger partial charge on any atom is 0.248 e. The first-order chi connectivity index (χ1) is 12.1. The van der Waals surface area contributed by atoms with Gasteiger partial charge in [0.25, 0.3) is 0 Å². The third-order valence-electron chi connectivity index (χ3n) is 3.47. The number of rotatable bonds is 7. The van der Waals surface area contributed by atoms with E-state index in [4.69, 9.17) is 18.9 Å². The van der Waals surface area contributed by atoms with E-state index in [1.165, 1.54) is 13.2 Å². The zero-order valence-electron chi connectivity index (χ0n) is 14.7. The number of benzene rings is 2. The summed E-state index contributed by atoms with van der Waals surface area (Å²) in [6.07, 6.45) is 3.11. The van der Waals surface area contributed by atoms with Crippen LogP contribution in [0.1, 0.15) is 5.56 Å². The van der Waals surface area contributed by atoms with Gasteiger partial charge in [0.05, 0.1) is 28.4 Å². The Balaban J connectivity index is 2.13. The summed E-state index contributed by atoms with van der Waals surface area (Å²) >= 11 is 0. The van der Waals surface area contributed by atoms with Gasteiger partial charge in [0, 0.05) is 11.8 Å². The summed E-state index contributed by atoms with van der Waals surface area (Å²) in [5.74, 6) is 2.03. The van der Waals surface area contributed by atoms with Crippen molar-refractivity contribution in [3.8, 4) is 23.0 Å². The number of anilines is 1. The van der Waals surface area contributed by atoms with Crippen molar-refractivity contribution in [3.05, 3.63) is 48.0 Å². The summed E-state index contributed by atoms with van der Waals surface area (Å²) in [4.78, 5) is 12.1. The molecule has 2 rings (SSSR count). The molecule has 6 heteroatoms. The molecule has 6 nitrogen and oxygen atoms in total. The average Bonchev–Trinajstić information content (AvgIpc) is 2.65. The Morgan fingerprint density at radius 3 is 1.96 bits per heavy atom. The molecule has 0 fully saturated rings. The van der Waals surface area contributed by atoms with Crippen LogP contribution in [-0.2, 0) is 4.79 Å². The van der Waals surface area contributed by atoms with Gasteiger partial charge in [-0.3, -0.25) is 4.79 Å². The summed E-state index contributed by atoms with van der Waals surface area (Å²) in [5, 5.41) is 2.77. The highest BCUT2D eigenvalue weighted by molar-refractivity contribution is 6.02. The van der Waals surface area contributed by atoms with Gasteiger partial charge in [0.2, 0.25) is 11.7 Å². The van der Waals surface area contributed by atoms with Gasteiger partial charge in [-0.2, -0.15) is 0 Å². The molecule has 132 valence electrons. The standard InChI is InChI=1S/C19H21NO5/c1-22-15-8-6-14(7-9-15)20-18(21)10-5-13-11-16(23-2)19(25-4)17(12-13)24-3/h5-12H,1-4H3,(H,20,21). The van der Waals surface area contributed by atoms with Gasteiger partial charge in [-0.25, -0.2) is 0 Å². The fourth-order valence-electron chi connectivity index (χ4n) is 2.23. The number of hydrogen-bond acceptors (Lipinski definition) is 5. The fraction of sp³-hybridized carbons (Fsp3) is 0.211. The third kappa shape index (κ3) is 4.67. The molecule has 2 aromatic rings. The molecule has 0 radical (unpaired) electrons. The molecular formula is C19H21NO5. The second-order valence-corrected chi connectivity index (χ2v) is 5.01. The molecule has 1 amide bonds. The first-order valence-corrected chi connectivity index (χ1v) is 7.54. The van der Waals surface area contributed by atoms with Crippen LogP contribution in [0.5, 0.6) is 23.0 Å². The molecule has 0 atom stereocenters. The van der Waals surface area contributed by atoms with Crippen LogP contribution in [0.4, 0.5) is 5.69 Å². The summed E-state index contributed by atoms with van der Waals surface area (Å²) < 4.78 is 20.9. The monoisotopic (exact) mass is 343 g/mol. The first kappa shape index (κ1) is 18.2. The highest BCUT2D eigenvalue weighted by Crippen LogP contribution is 2.38. The van der Waals surface area contributed by atoms with Gasteiger partial charge in [0.15, 0.2) is 11.5 Å². The first-order valence-electron chi connectivity index (χ1n) is 7.54. The zero-order valence-corrected chi connectivity index (χ0v) is 14.7. The number of methoxy groups -OCH3 is 4. The summed E-state index contributed by atoms with van der Waals surface area (Å²) in [6.45, 7) is 0. The lowest BCUT2D eigenvalue weighted by molar-refractivity contribution is -0.111. The smallest absolute Gasteiger partial charge is 0.248 e. The number of hydrogen-bond donors (Lipinski definition) is 1. The Morgan fingerprint density at radius 1 is 0.880 bits per heavy atom. The van der Waals surface area contributed by atoms with Crippen LogP contribution < -0.4 is 24.3 Å². The number of carbonyl (C=O) groups is 1. The van der Waals surface area contributed by atoms with Crippen LogP contribution in [0.15, 0.2) is 42.5 Å². The van der Waals surface area contributed by atoms with Crippen LogP contribution >= 0.6 is 0 Å². The fourth-order valence-corrected chi connectivity index (χ4v) is 2.23. The van der Waals surface area contributed by atoms with Crippen molar-refractivity contribution in [1.82, 2.24) is 0 Å². The molecule has 1 N–H and O–H groups in total.